The molecule has 0 unspecified atom stereocenters. The number of rotatable bonds is 6. The highest BCUT2D eigenvalue weighted by atomic mass is 16.3. The minimum atomic E-state index is 0.906. The Kier molecular flexibility index (Phi) is 6.29. The summed E-state index contributed by atoms with van der Waals surface area (Å²) in [6.45, 7) is 2.25. The summed E-state index contributed by atoms with van der Waals surface area (Å²) >= 11 is 0. The first-order valence-electron chi connectivity index (χ1n) is 17.3. The molecule has 0 spiro atoms. The molecule has 0 saturated heterocycles. The van der Waals surface area contributed by atoms with Gasteiger partial charge >= 0.3 is 0 Å². The van der Waals surface area contributed by atoms with Gasteiger partial charge in [-0.2, -0.15) is 0 Å². The van der Waals surface area contributed by atoms with Gasteiger partial charge in [0.2, 0.25) is 0 Å². The van der Waals surface area contributed by atoms with E-state index in [1.165, 1.54) is 73.1 Å². The molecule has 0 aliphatic carbocycles. The third-order valence-electron chi connectivity index (χ3n) is 10.3. The standard InChI is InChI=1S/C46H34N2O/c1-2-3-11-30-12-10-13-32(28-30)31-20-22-33(23-21-31)47-41-18-8-5-16-38(41)45-42(47)26-25-37-35-14-4-7-17-40(35)48(46(37)45)34-24-27-44-39(29-34)36-15-6-9-19-43(36)49-44/h4-10,12-29H,2-3,11H2,1H3. The van der Waals surface area contributed by atoms with Crippen molar-refractivity contribution in [2.45, 2.75) is 26.2 Å². The number of para-hydroxylation sites is 3. The van der Waals surface area contributed by atoms with Crippen molar-refractivity contribution in [3.8, 4) is 22.5 Å². The molecule has 0 N–H and O–H groups in total. The zero-order chi connectivity index (χ0) is 32.5. The number of furan rings is 1. The highest BCUT2D eigenvalue weighted by molar-refractivity contribution is 6.26. The number of aromatic nitrogens is 2. The summed E-state index contributed by atoms with van der Waals surface area (Å²) in [6, 6.07) is 55.3. The zero-order valence-corrected chi connectivity index (χ0v) is 27.4. The molecule has 3 nitrogen and oxygen atoms in total. The van der Waals surface area contributed by atoms with Crippen LogP contribution in [0.3, 0.4) is 0 Å². The van der Waals surface area contributed by atoms with Gasteiger partial charge in [-0.25, -0.2) is 0 Å². The molecule has 10 rings (SSSR count). The Morgan fingerprint density at radius 2 is 1.18 bits per heavy atom. The van der Waals surface area contributed by atoms with Gasteiger partial charge < -0.3 is 13.6 Å². The lowest BCUT2D eigenvalue weighted by Crippen LogP contribution is -1.95. The molecule has 0 amide bonds. The van der Waals surface area contributed by atoms with Crippen molar-refractivity contribution in [1.82, 2.24) is 9.13 Å². The second-order valence-corrected chi connectivity index (χ2v) is 13.2. The summed E-state index contributed by atoms with van der Waals surface area (Å²) in [6.07, 6.45) is 3.56. The van der Waals surface area contributed by atoms with Crippen LogP contribution in [0.1, 0.15) is 25.3 Å². The minimum Gasteiger partial charge on any atom is -0.456 e. The van der Waals surface area contributed by atoms with E-state index in [9.17, 15) is 0 Å². The first kappa shape index (κ1) is 28.0. The van der Waals surface area contributed by atoms with E-state index < -0.39 is 0 Å². The van der Waals surface area contributed by atoms with Crippen molar-refractivity contribution in [2.24, 2.45) is 0 Å². The van der Waals surface area contributed by atoms with Crippen molar-refractivity contribution >= 4 is 65.6 Å². The topological polar surface area (TPSA) is 23.0 Å². The normalized spacial score (nSPS) is 12.0. The summed E-state index contributed by atoms with van der Waals surface area (Å²) in [5, 5.41) is 7.27. The van der Waals surface area contributed by atoms with Crippen LogP contribution >= 0.6 is 0 Å². The Balaban J connectivity index is 1.22. The van der Waals surface area contributed by atoms with Gasteiger partial charge in [0.1, 0.15) is 11.2 Å². The van der Waals surface area contributed by atoms with Gasteiger partial charge in [0.25, 0.3) is 0 Å². The van der Waals surface area contributed by atoms with Crippen LogP contribution in [0, 0.1) is 0 Å². The highest BCUT2D eigenvalue weighted by Gasteiger charge is 2.21. The second kappa shape index (κ2) is 11.0. The van der Waals surface area contributed by atoms with E-state index in [4.69, 9.17) is 4.42 Å². The number of aryl methyl sites for hydroxylation is 1. The van der Waals surface area contributed by atoms with Crippen LogP contribution in [-0.2, 0) is 6.42 Å². The molecule has 0 aliphatic heterocycles. The number of fused-ring (bicyclic) bond motifs is 10. The first-order chi connectivity index (χ1) is 24.3. The summed E-state index contributed by atoms with van der Waals surface area (Å²) < 4.78 is 11.1. The van der Waals surface area contributed by atoms with Crippen molar-refractivity contribution in [1.29, 1.82) is 0 Å². The van der Waals surface area contributed by atoms with Gasteiger partial charge in [-0.3, -0.25) is 0 Å². The maximum absolute atomic E-state index is 6.23. The lowest BCUT2D eigenvalue weighted by atomic mass is 10.0. The summed E-state index contributed by atoms with van der Waals surface area (Å²) in [7, 11) is 0. The van der Waals surface area contributed by atoms with Crippen molar-refractivity contribution in [3.63, 3.8) is 0 Å². The molecule has 0 atom stereocenters. The summed E-state index contributed by atoms with van der Waals surface area (Å²) in [4.78, 5) is 0. The first-order valence-corrected chi connectivity index (χ1v) is 17.3. The molecule has 0 radical (unpaired) electrons. The van der Waals surface area contributed by atoms with Crippen LogP contribution in [0.25, 0.3) is 88.1 Å². The quantitative estimate of drug-likeness (QED) is 0.179. The van der Waals surface area contributed by atoms with Gasteiger partial charge in [0, 0.05) is 43.7 Å². The molecule has 3 aromatic heterocycles. The van der Waals surface area contributed by atoms with Crippen LogP contribution < -0.4 is 0 Å². The minimum absolute atomic E-state index is 0.906. The Morgan fingerprint density at radius 1 is 0.469 bits per heavy atom. The average Bonchev–Trinajstić information content (AvgIpc) is 3.81. The highest BCUT2D eigenvalue weighted by Crippen LogP contribution is 2.43. The maximum atomic E-state index is 6.23. The van der Waals surface area contributed by atoms with Gasteiger partial charge in [0.15, 0.2) is 0 Å². The van der Waals surface area contributed by atoms with Gasteiger partial charge in [0.05, 0.1) is 22.1 Å². The Bertz CT molecular complexity index is 2860. The van der Waals surface area contributed by atoms with Crippen molar-refractivity contribution < 1.29 is 4.42 Å². The van der Waals surface area contributed by atoms with E-state index in [1.54, 1.807) is 0 Å². The molecule has 49 heavy (non-hydrogen) atoms. The monoisotopic (exact) mass is 630 g/mol. The SMILES string of the molecule is CCCCc1cccc(-c2ccc(-n3c4ccccc4c4c3ccc3c5ccccc5n(-c5ccc6oc7ccccc7c6c5)c34)cc2)c1. The lowest BCUT2D eigenvalue weighted by molar-refractivity contribution is 0.669. The smallest absolute Gasteiger partial charge is 0.135 e. The Hall–Kier alpha value is -6.06. The zero-order valence-electron chi connectivity index (χ0n) is 27.4. The van der Waals surface area contributed by atoms with E-state index in [0.29, 0.717) is 0 Å². The van der Waals surface area contributed by atoms with Gasteiger partial charge in [-0.1, -0.05) is 110 Å². The van der Waals surface area contributed by atoms with E-state index in [1.807, 2.05) is 12.1 Å². The number of hydrogen-bond acceptors (Lipinski definition) is 1. The average molecular weight is 631 g/mol. The molecule has 0 bridgehead atoms. The van der Waals surface area contributed by atoms with E-state index >= 15 is 0 Å². The second-order valence-electron chi connectivity index (χ2n) is 13.2. The number of hydrogen-bond donors (Lipinski definition) is 0. The number of benzene rings is 7. The fraction of sp³-hybridized carbons (Fsp3) is 0.0870. The maximum Gasteiger partial charge on any atom is 0.135 e. The molecule has 234 valence electrons. The number of nitrogens with zero attached hydrogens (tertiary/aromatic N) is 2. The summed E-state index contributed by atoms with van der Waals surface area (Å²) in [5.74, 6) is 0. The molecule has 3 heteroatoms. The largest absolute Gasteiger partial charge is 0.456 e. The molecule has 0 aliphatic rings. The molecular weight excluding hydrogens is 597 g/mol. The Morgan fingerprint density at radius 3 is 2.02 bits per heavy atom. The molecule has 10 aromatic rings. The van der Waals surface area contributed by atoms with Crippen LogP contribution in [0.15, 0.2) is 156 Å². The van der Waals surface area contributed by atoms with Gasteiger partial charge in [-0.05, 0) is 84.1 Å². The predicted molar refractivity (Wildman–Crippen MR) is 206 cm³/mol. The summed E-state index contributed by atoms with van der Waals surface area (Å²) in [5.41, 5.74) is 12.8. The third-order valence-corrected chi connectivity index (χ3v) is 10.3. The molecule has 7 aromatic carbocycles. The van der Waals surface area contributed by atoms with Crippen LogP contribution in [-0.4, -0.2) is 9.13 Å². The van der Waals surface area contributed by atoms with E-state index in [-0.39, 0.29) is 0 Å². The number of unbranched alkanes of at least 4 members (excludes halogenated alkanes) is 1. The van der Waals surface area contributed by atoms with Crippen LogP contribution in [0.4, 0.5) is 0 Å². The van der Waals surface area contributed by atoms with E-state index in [2.05, 4.69) is 156 Å². The lowest BCUT2D eigenvalue weighted by Gasteiger charge is -2.11. The Labute approximate surface area is 284 Å². The van der Waals surface area contributed by atoms with Crippen molar-refractivity contribution in [2.75, 3.05) is 0 Å². The van der Waals surface area contributed by atoms with Gasteiger partial charge in [-0.15, -0.1) is 0 Å². The third kappa shape index (κ3) is 4.29. The molecule has 3 heterocycles. The molecular formula is C46H34N2O. The fourth-order valence-corrected chi connectivity index (χ4v) is 8.00. The molecule has 0 fully saturated rings. The fourth-order valence-electron chi connectivity index (χ4n) is 8.00. The molecule has 0 saturated carbocycles. The van der Waals surface area contributed by atoms with E-state index in [0.717, 1.165) is 39.7 Å². The van der Waals surface area contributed by atoms with Crippen LogP contribution in [0.2, 0.25) is 0 Å². The van der Waals surface area contributed by atoms with Crippen molar-refractivity contribution in [3.05, 3.63) is 157 Å². The predicted octanol–water partition coefficient (Wildman–Crippen LogP) is 12.8. The van der Waals surface area contributed by atoms with Crippen LogP contribution in [0.5, 0.6) is 0 Å².